The predicted octanol–water partition coefficient (Wildman–Crippen LogP) is 5.69. The number of carbonyl (C=O) groups excluding carboxylic acids is 1. The van der Waals surface area contributed by atoms with Crippen LogP contribution in [0, 0.1) is 0 Å². The summed E-state index contributed by atoms with van der Waals surface area (Å²) in [4.78, 5) is 14.7. The van der Waals surface area contributed by atoms with Crippen LogP contribution >= 0.6 is 0 Å². The van der Waals surface area contributed by atoms with E-state index in [0.29, 0.717) is 31.7 Å². The number of para-hydroxylation sites is 2. The molecule has 43 heavy (non-hydrogen) atoms. The third kappa shape index (κ3) is 10.2. The van der Waals surface area contributed by atoms with E-state index in [2.05, 4.69) is 28.4 Å². The van der Waals surface area contributed by atoms with Crippen LogP contribution in [0.15, 0.2) is 66.7 Å². The first-order valence-electron chi connectivity index (χ1n) is 14.7. The van der Waals surface area contributed by atoms with Crippen molar-refractivity contribution in [2.75, 3.05) is 44.4 Å². The number of carbonyl (C=O) groups is 1. The zero-order chi connectivity index (χ0) is 30.7. The Hall–Kier alpha value is -3.76. The summed E-state index contributed by atoms with van der Waals surface area (Å²) in [7, 11) is 0. The zero-order valence-corrected chi connectivity index (χ0v) is 24.5. The van der Waals surface area contributed by atoms with E-state index >= 15 is 0 Å². The lowest BCUT2D eigenvalue weighted by Crippen LogP contribution is -2.32. The number of alkyl halides is 3. The summed E-state index contributed by atoms with van der Waals surface area (Å²) in [6, 6.07) is 20.5. The van der Waals surface area contributed by atoms with Crippen molar-refractivity contribution in [3.05, 3.63) is 89.0 Å². The molecular formula is C33H40F3N3O4. The molecule has 3 aromatic carbocycles. The van der Waals surface area contributed by atoms with Gasteiger partial charge in [0.2, 0.25) is 0 Å². The van der Waals surface area contributed by atoms with Gasteiger partial charge in [0.05, 0.1) is 17.9 Å². The standard InChI is InChI=1S/C33H40F3N3O4/c1-24(38-14-18-42-29-11-5-6-12-30(29)43-23-33(34,35)36)19-26-20-27-13-16-39(31(27)28(21-26)32(37)40)15-7-8-17-41-22-25-9-3-2-4-10-25/h2-6,9-12,20-21,24,38H,7-8,13-19,22-23H2,1H3,(H2,37,40). The van der Waals surface area contributed by atoms with Crippen LogP contribution in [0.4, 0.5) is 18.9 Å². The van der Waals surface area contributed by atoms with Gasteiger partial charge in [-0.15, -0.1) is 0 Å². The summed E-state index contributed by atoms with van der Waals surface area (Å²) in [6.07, 6.45) is -0.999. The summed E-state index contributed by atoms with van der Waals surface area (Å²) in [5.41, 5.74) is 10.6. The van der Waals surface area contributed by atoms with Crippen LogP contribution in [0.2, 0.25) is 0 Å². The summed E-state index contributed by atoms with van der Waals surface area (Å²) >= 11 is 0. The molecule has 1 aliphatic rings. The van der Waals surface area contributed by atoms with E-state index in [1.165, 1.54) is 6.07 Å². The van der Waals surface area contributed by atoms with Gasteiger partial charge in [-0.3, -0.25) is 4.79 Å². The maximum Gasteiger partial charge on any atom is 0.422 e. The molecule has 3 N–H and O–H groups in total. The fraction of sp³-hybridized carbons (Fsp3) is 0.424. The Morgan fingerprint density at radius 2 is 1.70 bits per heavy atom. The highest BCUT2D eigenvalue weighted by Crippen LogP contribution is 2.34. The second-order valence-corrected chi connectivity index (χ2v) is 10.8. The topological polar surface area (TPSA) is 86.1 Å². The van der Waals surface area contributed by atoms with Crippen molar-refractivity contribution in [1.29, 1.82) is 0 Å². The molecule has 4 rings (SSSR count). The predicted molar refractivity (Wildman–Crippen MR) is 161 cm³/mol. The lowest BCUT2D eigenvalue weighted by Gasteiger charge is -2.22. The van der Waals surface area contributed by atoms with Crippen molar-refractivity contribution in [1.82, 2.24) is 5.32 Å². The van der Waals surface area contributed by atoms with Crippen LogP contribution in [-0.4, -0.2) is 57.6 Å². The van der Waals surface area contributed by atoms with E-state index in [1.54, 1.807) is 18.2 Å². The monoisotopic (exact) mass is 599 g/mol. The number of halogens is 3. The van der Waals surface area contributed by atoms with Crippen molar-refractivity contribution in [2.24, 2.45) is 5.73 Å². The van der Waals surface area contributed by atoms with E-state index in [4.69, 9.17) is 19.9 Å². The number of amides is 1. The molecule has 3 aromatic rings. The van der Waals surface area contributed by atoms with E-state index in [9.17, 15) is 18.0 Å². The minimum Gasteiger partial charge on any atom is -0.488 e. The number of nitrogens with one attached hydrogen (secondary N) is 1. The number of anilines is 1. The number of hydrogen-bond donors (Lipinski definition) is 2. The largest absolute Gasteiger partial charge is 0.488 e. The van der Waals surface area contributed by atoms with E-state index in [1.807, 2.05) is 31.2 Å². The molecular weight excluding hydrogens is 559 g/mol. The Morgan fingerprint density at radius 3 is 2.42 bits per heavy atom. The first-order valence-corrected chi connectivity index (χ1v) is 14.7. The van der Waals surface area contributed by atoms with Crippen molar-refractivity contribution < 1.29 is 32.2 Å². The second kappa shape index (κ2) is 15.6. The molecule has 0 fully saturated rings. The van der Waals surface area contributed by atoms with Gasteiger partial charge in [-0.25, -0.2) is 0 Å². The molecule has 0 radical (unpaired) electrons. The van der Waals surface area contributed by atoms with Gasteiger partial charge in [-0.05, 0) is 67.5 Å². The first kappa shape index (κ1) is 32.2. The molecule has 1 aliphatic heterocycles. The van der Waals surface area contributed by atoms with Crippen LogP contribution in [0.5, 0.6) is 11.5 Å². The molecule has 0 bridgehead atoms. The van der Waals surface area contributed by atoms with Crippen molar-refractivity contribution >= 4 is 11.6 Å². The SMILES string of the molecule is CC(Cc1cc2c(c(C(N)=O)c1)N(CCCCOCc1ccccc1)CC2)NCCOc1ccccc1OCC(F)(F)F. The van der Waals surface area contributed by atoms with E-state index < -0.39 is 18.7 Å². The lowest BCUT2D eigenvalue weighted by atomic mass is 9.98. The normalized spacial score (nSPS) is 13.5. The van der Waals surface area contributed by atoms with Gasteiger partial charge in [0, 0.05) is 32.3 Å². The number of nitrogens with two attached hydrogens (primary N) is 1. The van der Waals surface area contributed by atoms with Crippen LogP contribution < -0.4 is 25.4 Å². The summed E-state index contributed by atoms with van der Waals surface area (Å²) in [6.45, 7) is 4.36. The van der Waals surface area contributed by atoms with Gasteiger partial charge in [0.15, 0.2) is 18.1 Å². The molecule has 1 unspecified atom stereocenters. The molecule has 10 heteroatoms. The van der Waals surface area contributed by atoms with Crippen LogP contribution in [0.1, 0.15) is 46.8 Å². The average molecular weight is 600 g/mol. The molecule has 1 atom stereocenters. The number of rotatable bonds is 17. The molecule has 0 spiro atoms. The highest BCUT2D eigenvalue weighted by molar-refractivity contribution is 6.00. The number of nitrogens with zero attached hydrogens (tertiary/aromatic N) is 1. The molecule has 0 saturated carbocycles. The molecule has 1 heterocycles. The Bertz CT molecular complexity index is 1320. The second-order valence-electron chi connectivity index (χ2n) is 10.8. The molecule has 232 valence electrons. The molecule has 0 aliphatic carbocycles. The van der Waals surface area contributed by atoms with Gasteiger partial charge >= 0.3 is 6.18 Å². The smallest absolute Gasteiger partial charge is 0.422 e. The van der Waals surface area contributed by atoms with Gasteiger partial charge in [0.1, 0.15) is 6.61 Å². The summed E-state index contributed by atoms with van der Waals surface area (Å²) < 4.78 is 53.9. The van der Waals surface area contributed by atoms with Gasteiger partial charge in [-0.1, -0.05) is 48.5 Å². The lowest BCUT2D eigenvalue weighted by molar-refractivity contribution is -0.153. The number of fused-ring (bicyclic) bond motifs is 1. The Kier molecular flexibility index (Phi) is 11.7. The van der Waals surface area contributed by atoms with Crippen molar-refractivity contribution in [3.63, 3.8) is 0 Å². The van der Waals surface area contributed by atoms with Crippen molar-refractivity contribution in [3.8, 4) is 11.5 Å². The Morgan fingerprint density at radius 1 is 0.977 bits per heavy atom. The molecule has 0 saturated heterocycles. The maximum atomic E-state index is 12.5. The number of hydrogen-bond acceptors (Lipinski definition) is 6. The van der Waals surface area contributed by atoms with Crippen LogP contribution in [0.3, 0.4) is 0 Å². The summed E-state index contributed by atoms with van der Waals surface area (Å²) in [5, 5.41) is 3.37. The van der Waals surface area contributed by atoms with Gasteiger partial charge < -0.3 is 30.2 Å². The minimum absolute atomic E-state index is 0.0513. The van der Waals surface area contributed by atoms with Crippen LogP contribution in [-0.2, 0) is 24.2 Å². The molecule has 0 aromatic heterocycles. The van der Waals surface area contributed by atoms with E-state index in [0.717, 1.165) is 54.7 Å². The third-order valence-corrected chi connectivity index (χ3v) is 7.19. The third-order valence-electron chi connectivity index (χ3n) is 7.19. The minimum atomic E-state index is -4.42. The number of primary amides is 1. The highest BCUT2D eigenvalue weighted by Gasteiger charge is 2.29. The van der Waals surface area contributed by atoms with Crippen molar-refractivity contribution in [2.45, 2.75) is 51.4 Å². The maximum absolute atomic E-state index is 12.5. The highest BCUT2D eigenvalue weighted by atomic mass is 19.4. The molecule has 7 nitrogen and oxygen atoms in total. The average Bonchev–Trinajstić information content (AvgIpc) is 3.38. The zero-order valence-electron chi connectivity index (χ0n) is 24.5. The molecule has 1 amide bonds. The Labute approximate surface area is 251 Å². The van der Waals surface area contributed by atoms with Crippen LogP contribution in [0.25, 0.3) is 0 Å². The van der Waals surface area contributed by atoms with Gasteiger partial charge in [0.25, 0.3) is 5.91 Å². The fourth-order valence-corrected chi connectivity index (χ4v) is 5.23. The quantitative estimate of drug-likeness (QED) is 0.194. The number of ether oxygens (including phenoxy) is 3. The number of benzene rings is 3. The fourth-order valence-electron chi connectivity index (χ4n) is 5.23. The summed E-state index contributed by atoms with van der Waals surface area (Å²) in [5.74, 6) is -0.123. The number of unbranched alkanes of at least 4 members (excludes halogenated alkanes) is 1. The van der Waals surface area contributed by atoms with Gasteiger partial charge in [-0.2, -0.15) is 13.2 Å². The Balaban J connectivity index is 1.23. The van der Waals surface area contributed by atoms with E-state index in [-0.39, 0.29) is 24.1 Å². The first-order chi connectivity index (χ1) is 20.7.